The molecule has 1 aliphatic rings. The van der Waals surface area contributed by atoms with E-state index >= 15 is 0 Å². The van der Waals surface area contributed by atoms with Crippen LogP contribution in [0.5, 0.6) is 0 Å². The molecule has 3 atom stereocenters. The number of carboxylic acid groups (broad SMARTS) is 1. The summed E-state index contributed by atoms with van der Waals surface area (Å²) in [6, 6.07) is 0.520. The zero-order valence-electron chi connectivity index (χ0n) is 8.66. The number of hydrogen-bond donors (Lipinski definition) is 1. The number of carbonyl (C=O) groups is 1. The molecule has 0 aromatic carbocycles. The number of nitrogens with zero attached hydrogens (tertiary/aromatic N) is 1. The van der Waals surface area contributed by atoms with Crippen LogP contribution >= 0.6 is 0 Å². The van der Waals surface area contributed by atoms with Crippen LogP contribution in [0, 0.1) is 11.8 Å². The number of likely N-dealkylation sites (tertiary alicyclic amines) is 1. The minimum Gasteiger partial charge on any atom is -0.481 e. The zero-order valence-corrected chi connectivity index (χ0v) is 8.66. The van der Waals surface area contributed by atoms with Crippen LogP contribution in [0.1, 0.15) is 27.2 Å². The van der Waals surface area contributed by atoms with Crippen molar-refractivity contribution >= 4 is 5.97 Å². The average Bonchev–Trinajstić information content (AvgIpc) is 2.46. The molecular weight excluding hydrogens is 166 g/mol. The van der Waals surface area contributed by atoms with Gasteiger partial charge in [-0.15, -0.1) is 0 Å². The summed E-state index contributed by atoms with van der Waals surface area (Å²) in [6.07, 6.45) is 1.10. The maximum absolute atomic E-state index is 10.8. The fourth-order valence-corrected chi connectivity index (χ4v) is 1.94. The van der Waals surface area contributed by atoms with Gasteiger partial charge < -0.3 is 5.11 Å². The first-order chi connectivity index (χ1) is 6.06. The lowest BCUT2D eigenvalue weighted by Crippen LogP contribution is -2.31. The van der Waals surface area contributed by atoms with Crippen LogP contribution in [0.4, 0.5) is 0 Å². The summed E-state index contributed by atoms with van der Waals surface area (Å²) in [5.74, 6) is -0.501. The first-order valence-corrected chi connectivity index (χ1v) is 5.03. The quantitative estimate of drug-likeness (QED) is 0.723. The Bertz CT molecular complexity index is 193. The van der Waals surface area contributed by atoms with Gasteiger partial charge in [-0.05, 0) is 19.3 Å². The molecule has 3 nitrogen and oxygen atoms in total. The third-order valence-corrected chi connectivity index (χ3v) is 3.17. The van der Waals surface area contributed by atoms with E-state index in [4.69, 9.17) is 5.11 Å². The van der Waals surface area contributed by atoms with Crippen molar-refractivity contribution in [3.63, 3.8) is 0 Å². The predicted octanol–water partition coefficient (Wildman–Crippen LogP) is 1.44. The number of carboxylic acids is 1. The van der Waals surface area contributed by atoms with Crippen molar-refractivity contribution in [2.24, 2.45) is 11.8 Å². The van der Waals surface area contributed by atoms with Gasteiger partial charge in [0.05, 0.1) is 5.92 Å². The second-order valence-corrected chi connectivity index (χ2v) is 4.13. The molecule has 1 fully saturated rings. The molecule has 76 valence electrons. The van der Waals surface area contributed by atoms with Gasteiger partial charge in [0.15, 0.2) is 0 Å². The number of hydrogen-bond acceptors (Lipinski definition) is 2. The SMILES string of the molecule is CCC(C)N1C[C@@H](C)[C@H](C(=O)O)C1. The van der Waals surface area contributed by atoms with E-state index in [0.717, 1.165) is 19.5 Å². The van der Waals surface area contributed by atoms with E-state index in [1.165, 1.54) is 0 Å². The maximum atomic E-state index is 10.8. The van der Waals surface area contributed by atoms with E-state index in [1.54, 1.807) is 0 Å². The largest absolute Gasteiger partial charge is 0.481 e. The van der Waals surface area contributed by atoms with Crippen LogP contribution in [0.15, 0.2) is 0 Å². The van der Waals surface area contributed by atoms with Gasteiger partial charge in [-0.2, -0.15) is 0 Å². The van der Waals surface area contributed by atoms with Gasteiger partial charge in [-0.1, -0.05) is 13.8 Å². The Morgan fingerprint density at radius 2 is 2.23 bits per heavy atom. The molecule has 1 unspecified atom stereocenters. The highest BCUT2D eigenvalue weighted by Crippen LogP contribution is 2.25. The van der Waals surface area contributed by atoms with Gasteiger partial charge in [0.1, 0.15) is 0 Å². The Kier molecular flexibility index (Phi) is 3.31. The van der Waals surface area contributed by atoms with Crippen molar-refractivity contribution in [1.82, 2.24) is 4.90 Å². The molecule has 0 aromatic heterocycles. The monoisotopic (exact) mass is 185 g/mol. The van der Waals surface area contributed by atoms with Crippen molar-refractivity contribution in [2.45, 2.75) is 33.2 Å². The summed E-state index contributed by atoms with van der Waals surface area (Å²) >= 11 is 0. The van der Waals surface area contributed by atoms with Crippen LogP contribution in [-0.4, -0.2) is 35.1 Å². The average molecular weight is 185 g/mol. The lowest BCUT2D eigenvalue weighted by Gasteiger charge is -2.22. The fourth-order valence-electron chi connectivity index (χ4n) is 1.94. The Hall–Kier alpha value is -0.570. The van der Waals surface area contributed by atoms with Gasteiger partial charge in [0, 0.05) is 19.1 Å². The topological polar surface area (TPSA) is 40.5 Å². The molecule has 0 aromatic rings. The highest BCUT2D eigenvalue weighted by atomic mass is 16.4. The van der Waals surface area contributed by atoms with Crippen molar-refractivity contribution in [1.29, 1.82) is 0 Å². The van der Waals surface area contributed by atoms with Crippen LogP contribution in [0.3, 0.4) is 0 Å². The molecule has 13 heavy (non-hydrogen) atoms. The Morgan fingerprint density at radius 1 is 1.62 bits per heavy atom. The van der Waals surface area contributed by atoms with E-state index in [-0.39, 0.29) is 5.92 Å². The number of aliphatic carboxylic acids is 1. The molecule has 0 bridgehead atoms. The molecule has 0 radical (unpaired) electrons. The van der Waals surface area contributed by atoms with Crippen molar-refractivity contribution in [2.75, 3.05) is 13.1 Å². The molecular formula is C10H19NO2. The summed E-state index contributed by atoms with van der Waals surface area (Å²) < 4.78 is 0. The Labute approximate surface area is 79.7 Å². The molecule has 1 aliphatic heterocycles. The Balaban J connectivity index is 2.54. The van der Waals surface area contributed by atoms with Crippen molar-refractivity contribution < 1.29 is 9.90 Å². The van der Waals surface area contributed by atoms with Crippen LogP contribution in [0.25, 0.3) is 0 Å². The lowest BCUT2D eigenvalue weighted by atomic mass is 9.99. The minimum atomic E-state index is -0.640. The summed E-state index contributed by atoms with van der Waals surface area (Å²) in [7, 11) is 0. The molecule has 0 saturated carbocycles. The zero-order chi connectivity index (χ0) is 10.0. The van der Waals surface area contributed by atoms with E-state index in [0.29, 0.717) is 12.0 Å². The second-order valence-electron chi connectivity index (χ2n) is 4.13. The van der Waals surface area contributed by atoms with E-state index in [2.05, 4.69) is 18.7 Å². The molecule has 0 aliphatic carbocycles. The molecule has 1 rings (SSSR count). The van der Waals surface area contributed by atoms with E-state index in [1.807, 2.05) is 6.92 Å². The third kappa shape index (κ3) is 2.21. The fraction of sp³-hybridized carbons (Fsp3) is 0.900. The van der Waals surface area contributed by atoms with E-state index in [9.17, 15) is 4.79 Å². The second kappa shape index (κ2) is 4.09. The third-order valence-electron chi connectivity index (χ3n) is 3.17. The summed E-state index contributed by atoms with van der Waals surface area (Å²) in [5, 5.41) is 8.93. The van der Waals surface area contributed by atoms with Crippen molar-refractivity contribution in [3.8, 4) is 0 Å². The molecule has 0 amide bonds. The van der Waals surface area contributed by atoms with E-state index < -0.39 is 5.97 Å². The first kappa shape index (κ1) is 10.5. The molecule has 1 saturated heterocycles. The first-order valence-electron chi connectivity index (χ1n) is 5.03. The minimum absolute atomic E-state index is 0.158. The molecule has 1 N–H and O–H groups in total. The molecule has 0 spiro atoms. The lowest BCUT2D eigenvalue weighted by molar-refractivity contribution is -0.142. The van der Waals surface area contributed by atoms with Gasteiger partial charge in [-0.3, -0.25) is 9.69 Å². The summed E-state index contributed by atoms with van der Waals surface area (Å²) in [5.41, 5.74) is 0. The molecule has 3 heteroatoms. The Morgan fingerprint density at radius 3 is 2.62 bits per heavy atom. The number of rotatable bonds is 3. The van der Waals surface area contributed by atoms with Crippen LogP contribution < -0.4 is 0 Å². The van der Waals surface area contributed by atoms with Gasteiger partial charge in [0.2, 0.25) is 0 Å². The van der Waals surface area contributed by atoms with Gasteiger partial charge in [0.25, 0.3) is 0 Å². The van der Waals surface area contributed by atoms with Crippen LogP contribution in [0.2, 0.25) is 0 Å². The van der Waals surface area contributed by atoms with Gasteiger partial charge in [-0.25, -0.2) is 0 Å². The summed E-state index contributed by atoms with van der Waals surface area (Å²) in [4.78, 5) is 13.1. The van der Waals surface area contributed by atoms with Gasteiger partial charge >= 0.3 is 5.97 Å². The smallest absolute Gasteiger partial charge is 0.308 e. The standard InChI is InChI=1S/C10H19NO2/c1-4-8(3)11-5-7(2)9(6-11)10(12)13/h7-9H,4-6H2,1-3H3,(H,12,13)/t7-,8?,9-/m1/s1. The maximum Gasteiger partial charge on any atom is 0.308 e. The molecule has 1 heterocycles. The van der Waals surface area contributed by atoms with Crippen LogP contribution in [-0.2, 0) is 4.79 Å². The highest BCUT2D eigenvalue weighted by Gasteiger charge is 2.35. The highest BCUT2D eigenvalue weighted by molar-refractivity contribution is 5.71. The summed E-state index contributed by atoms with van der Waals surface area (Å²) in [6.45, 7) is 8.00. The predicted molar refractivity (Wildman–Crippen MR) is 51.6 cm³/mol. The van der Waals surface area contributed by atoms with Crippen molar-refractivity contribution in [3.05, 3.63) is 0 Å². The normalized spacial score (nSPS) is 31.9.